The van der Waals surface area contributed by atoms with Crippen LogP contribution in [-0.4, -0.2) is 48.0 Å². The fraction of sp³-hybridized carbons (Fsp3) is 0.706. The second-order valence-corrected chi connectivity index (χ2v) is 6.78. The highest BCUT2D eigenvalue weighted by Crippen LogP contribution is 2.12. The van der Waals surface area contributed by atoms with Crippen LogP contribution in [0.25, 0.3) is 0 Å². The summed E-state index contributed by atoms with van der Waals surface area (Å²) in [5.74, 6) is 0. The molecule has 1 amide bonds. The predicted octanol–water partition coefficient (Wildman–Crippen LogP) is 2.37. The van der Waals surface area contributed by atoms with Crippen LogP contribution in [0.2, 0.25) is 0 Å². The number of hydrogen-bond donors (Lipinski definition) is 2. The van der Waals surface area contributed by atoms with Crippen molar-refractivity contribution in [3.8, 4) is 0 Å². The lowest BCUT2D eigenvalue weighted by Gasteiger charge is -2.25. The van der Waals surface area contributed by atoms with E-state index in [4.69, 9.17) is 9.47 Å². The molecule has 136 valence electrons. The molecule has 24 heavy (non-hydrogen) atoms. The summed E-state index contributed by atoms with van der Waals surface area (Å²) in [6.07, 6.45) is 3.63. The van der Waals surface area contributed by atoms with Gasteiger partial charge in [0.15, 0.2) is 0 Å². The molecule has 1 rings (SSSR count). The molecule has 1 aromatic heterocycles. The molecule has 0 saturated carbocycles. The van der Waals surface area contributed by atoms with Crippen LogP contribution >= 0.6 is 0 Å². The number of rotatable bonds is 8. The Morgan fingerprint density at radius 3 is 2.54 bits per heavy atom. The van der Waals surface area contributed by atoms with Gasteiger partial charge in [-0.2, -0.15) is 0 Å². The van der Waals surface area contributed by atoms with Gasteiger partial charge in [-0.25, -0.2) is 4.79 Å². The summed E-state index contributed by atoms with van der Waals surface area (Å²) in [4.78, 5) is 20.6. The van der Waals surface area contributed by atoms with Crippen molar-refractivity contribution < 1.29 is 14.3 Å². The number of nitrogens with zero attached hydrogens (tertiary/aromatic N) is 2. The highest BCUT2D eigenvalue weighted by atomic mass is 16.6. The number of nitrogens with one attached hydrogen (secondary N) is 2. The molecule has 1 aromatic rings. The highest BCUT2D eigenvalue weighted by Gasteiger charge is 2.20. The van der Waals surface area contributed by atoms with Gasteiger partial charge < -0.3 is 20.1 Å². The third-order valence-corrected chi connectivity index (χ3v) is 3.39. The zero-order valence-electron chi connectivity index (χ0n) is 15.5. The Kier molecular flexibility index (Phi) is 8.07. The number of aromatic nitrogens is 2. The van der Waals surface area contributed by atoms with E-state index < -0.39 is 11.7 Å². The van der Waals surface area contributed by atoms with E-state index in [2.05, 4.69) is 20.6 Å². The Hall–Kier alpha value is -1.73. The Balaban J connectivity index is 2.59. The summed E-state index contributed by atoms with van der Waals surface area (Å²) in [5, 5.41) is 6.28. The van der Waals surface area contributed by atoms with E-state index in [-0.39, 0.29) is 12.1 Å². The van der Waals surface area contributed by atoms with Crippen molar-refractivity contribution in [2.24, 2.45) is 0 Å². The van der Waals surface area contributed by atoms with Crippen molar-refractivity contribution in [3.63, 3.8) is 0 Å². The van der Waals surface area contributed by atoms with Crippen molar-refractivity contribution in [1.29, 1.82) is 0 Å². The van der Waals surface area contributed by atoms with Crippen molar-refractivity contribution in [3.05, 3.63) is 23.8 Å². The van der Waals surface area contributed by atoms with E-state index in [0.717, 1.165) is 11.4 Å². The van der Waals surface area contributed by atoms with Crippen LogP contribution in [0.15, 0.2) is 12.4 Å². The second-order valence-electron chi connectivity index (χ2n) is 6.78. The average molecular weight is 338 g/mol. The van der Waals surface area contributed by atoms with Crippen molar-refractivity contribution in [2.75, 3.05) is 20.3 Å². The number of amides is 1. The van der Waals surface area contributed by atoms with Crippen LogP contribution in [0, 0.1) is 6.92 Å². The molecule has 0 aliphatic carbocycles. The topological polar surface area (TPSA) is 85.4 Å². The van der Waals surface area contributed by atoms with Crippen molar-refractivity contribution in [1.82, 2.24) is 20.6 Å². The third-order valence-electron chi connectivity index (χ3n) is 3.39. The molecule has 0 spiro atoms. The van der Waals surface area contributed by atoms with Crippen LogP contribution < -0.4 is 10.6 Å². The van der Waals surface area contributed by atoms with Crippen LogP contribution in [0.3, 0.4) is 0 Å². The van der Waals surface area contributed by atoms with Gasteiger partial charge in [-0.1, -0.05) is 0 Å². The van der Waals surface area contributed by atoms with Crippen LogP contribution in [0.1, 0.15) is 51.5 Å². The van der Waals surface area contributed by atoms with E-state index in [9.17, 15) is 4.79 Å². The number of methoxy groups -OCH3 is 1. The summed E-state index contributed by atoms with van der Waals surface area (Å²) in [6.45, 7) is 10.6. The maximum absolute atomic E-state index is 12.0. The zero-order valence-corrected chi connectivity index (χ0v) is 15.5. The number of aryl methyl sites for hydroxylation is 1. The van der Waals surface area contributed by atoms with E-state index in [1.165, 1.54) is 0 Å². The number of carbonyl (C=O) groups excluding carboxylic acids is 1. The summed E-state index contributed by atoms with van der Waals surface area (Å²) in [6, 6.07) is -0.0663. The fourth-order valence-electron chi connectivity index (χ4n) is 2.22. The standard InChI is InChI=1S/C17H30N4O3/c1-12-15(19-9-8-18-12)13(2)20-11-14(7-10-23-6)21-16(22)24-17(3,4)5/h8-9,13-14,20H,7,10-11H2,1-6H3,(H,21,22). The maximum atomic E-state index is 12.0. The Bertz CT molecular complexity index is 517. The minimum Gasteiger partial charge on any atom is -0.444 e. The molecule has 0 aliphatic heterocycles. The molecule has 2 N–H and O–H groups in total. The van der Waals surface area contributed by atoms with Gasteiger partial charge in [0, 0.05) is 44.7 Å². The quantitative estimate of drug-likeness (QED) is 0.757. The number of carbonyl (C=O) groups is 1. The first-order valence-electron chi connectivity index (χ1n) is 8.22. The predicted molar refractivity (Wildman–Crippen MR) is 92.8 cm³/mol. The van der Waals surface area contributed by atoms with Crippen LogP contribution in [0.4, 0.5) is 4.79 Å². The molecule has 2 atom stereocenters. The minimum absolute atomic E-state index is 0.0316. The summed E-state index contributed by atoms with van der Waals surface area (Å²) >= 11 is 0. The molecule has 1 heterocycles. The van der Waals surface area contributed by atoms with Gasteiger partial charge in [0.05, 0.1) is 11.4 Å². The number of hydrogen-bond acceptors (Lipinski definition) is 6. The van der Waals surface area contributed by atoms with E-state index in [0.29, 0.717) is 19.6 Å². The van der Waals surface area contributed by atoms with Crippen molar-refractivity contribution >= 4 is 6.09 Å². The molecule has 0 saturated heterocycles. The molecule has 0 fully saturated rings. The molecular formula is C17H30N4O3. The van der Waals surface area contributed by atoms with Gasteiger partial charge in [0.1, 0.15) is 5.60 Å². The lowest BCUT2D eigenvalue weighted by atomic mass is 10.1. The average Bonchev–Trinajstić information content (AvgIpc) is 2.48. The first-order chi connectivity index (χ1) is 11.2. The lowest BCUT2D eigenvalue weighted by molar-refractivity contribution is 0.0492. The van der Waals surface area contributed by atoms with E-state index in [1.807, 2.05) is 34.6 Å². The van der Waals surface area contributed by atoms with E-state index in [1.54, 1.807) is 19.5 Å². The second kappa shape index (κ2) is 9.54. The molecule has 0 aromatic carbocycles. The van der Waals surface area contributed by atoms with Gasteiger partial charge in [-0.3, -0.25) is 9.97 Å². The maximum Gasteiger partial charge on any atom is 0.407 e. The molecule has 2 unspecified atom stereocenters. The molecule has 0 aliphatic rings. The molecule has 7 nitrogen and oxygen atoms in total. The molecule has 0 bridgehead atoms. The summed E-state index contributed by atoms with van der Waals surface area (Å²) in [7, 11) is 1.64. The SMILES string of the molecule is COCCC(CNC(C)c1nccnc1C)NC(=O)OC(C)(C)C. The van der Waals surface area contributed by atoms with E-state index >= 15 is 0 Å². The van der Waals surface area contributed by atoms with Gasteiger partial charge in [-0.05, 0) is 41.0 Å². The van der Waals surface area contributed by atoms with Gasteiger partial charge in [0.25, 0.3) is 0 Å². The van der Waals surface area contributed by atoms with Gasteiger partial charge in [0.2, 0.25) is 0 Å². The molecule has 0 radical (unpaired) electrons. The normalized spacial score (nSPS) is 14.1. The smallest absolute Gasteiger partial charge is 0.407 e. The monoisotopic (exact) mass is 338 g/mol. The number of alkyl carbamates (subject to hydrolysis) is 1. The third kappa shape index (κ3) is 7.70. The first-order valence-corrected chi connectivity index (χ1v) is 8.22. The highest BCUT2D eigenvalue weighted by molar-refractivity contribution is 5.68. The van der Waals surface area contributed by atoms with Crippen LogP contribution in [0.5, 0.6) is 0 Å². The van der Waals surface area contributed by atoms with Crippen LogP contribution in [-0.2, 0) is 9.47 Å². The fourth-order valence-corrected chi connectivity index (χ4v) is 2.22. The summed E-state index contributed by atoms with van der Waals surface area (Å²) in [5.41, 5.74) is 1.28. The zero-order chi connectivity index (χ0) is 18.2. The first kappa shape index (κ1) is 20.3. The molecular weight excluding hydrogens is 308 g/mol. The Morgan fingerprint density at radius 2 is 1.96 bits per heavy atom. The van der Waals surface area contributed by atoms with Gasteiger partial charge >= 0.3 is 6.09 Å². The summed E-state index contributed by atoms with van der Waals surface area (Å²) < 4.78 is 10.4. The largest absolute Gasteiger partial charge is 0.444 e. The minimum atomic E-state index is -0.520. The van der Waals surface area contributed by atoms with Gasteiger partial charge in [-0.15, -0.1) is 0 Å². The lowest BCUT2D eigenvalue weighted by Crippen LogP contribution is -2.45. The molecule has 7 heteroatoms. The number of ether oxygens (including phenoxy) is 2. The Morgan fingerprint density at radius 1 is 1.29 bits per heavy atom. The Labute approximate surface area is 144 Å². The van der Waals surface area contributed by atoms with Crippen molar-refractivity contribution in [2.45, 2.75) is 58.7 Å².